The number of fused-ring (bicyclic) bond motifs is 1. The Balaban J connectivity index is 1.73. The lowest BCUT2D eigenvalue weighted by Gasteiger charge is -2.41. The van der Waals surface area contributed by atoms with Crippen LogP contribution in [0, 0.1) is 0 Å². The molecule has 3 rings (SSSR count). The molecule has 1 saturated carbocycles. The highest BCUT2D eigenvalue weighted by molar-refractivity contribution is 6.01. The van der Waals surface area contributed by atoms with Gasteiger partial charge in [-0.25, -0.2) is 0 Å². The van der Waals surface area contributed by atoms with E-state index >= 15 is 0 Å². The van der Waals surface area contributed by atoms with Crippen LogP contribution < -0.4 is 10.6 Å². The van der Waals surface area contributed by atoms with Crippen molar-refractivity contribution < 1.29 is 19.1 Å². The number of aromatic nitrogens is 2. The normalized spacial score (nSPS) is 22.2. The van der Waals surface area contributed by atoms with Gasteiger partial charge in [-0.2, -0.15) is 5.10 Å². The molecule has 0 bridgehead atoms. The van der Waals surface area contributed by atoms with Crippen LogP contribution in [0.15, 0.2) is 6.07 Å². The molecule has 9 heteroatoms. The zero-order valence-electron chi connectivity index (χ0n) is 16.8. The summed E-state index contributed by atoms with van der Waals surface area (Å²) in [7, 11) is 3.23. The van der Waals surface area contributed by atoms with Crippen LogP contribution in [0.1, 0.15) is 60.0 Å². The van der Waals surface area contributed by atoms with Gasteiger partial charge in [0.15, 0.2) is 5.69 Å². The minimum atomic E-state index is -1.05. The van der Waals surface area contributed by atoms with Gasteiger partial charge in [-0.1, -0.05) is 12.8 Å². The molecule has 0 saturated heterocycles. The van der Waals surface area contributed by atoms with Crippen LogP contribution in [0.2, 0.25) is 0 Å². The van der Waals surface area contributed by atoms with Crippen molar-refractivity contribution in [3.63, 3.8) is 0 Å². The summed E-state index contributed by atoms with van der Waals surface area (Å²) >= 11 is 0. The third-order valence-corrected chi connectivity index (χ3v) is 5.72. The fourth-order valence-corrected chi connectivity index (χ4v) is 3.76. The topological polar surface area (TPSA) is 106 Å². The van der Waals surface area contributed by atoms with E-state index in [0.717, 1.165) is 25.7 Å². The number of amides is 3. The summed E-state index contributed by atoms with van der Waals surface area (Å²) in [5.41, 5.74) is -0.560. The van der Waals surface area contributed by atoms with E-state index in [1.54, 1.807) is 21.1 Å². The van der Waals surface area contributed by atoms with Crippen molar-refractivity contribution in [1.29, 1.82) is 0 Å². The van der Waals surface area contributed by atoms with Crippen LogP contribution in [0.25, 0.3) is 0 Å². The molecule has 154 valence electrons. The molecule has 1 aliphatic heterocycles. The molecular weight excluding hydrogens is 362 g/mol. The second-order valence-electron chi connectivity index (χ2n) is 7.77. The standard InChI is InChI=1S/C19H29N5O4/c1-19(18(27)21-13-7-4-5-8-13)12-24-15(17(26)23(19)2)11-14(22-24)16(25)20-9-6-10-28-3/h11,13H,4-10,12H2,1-3H3,(H,20,25)(H,21,27)/t19-/m1/s1. The summed E-state index contributed by atoms with van der Waals surface area (Å²) < 4.78 is 6.43. The first-order valence-corrected chi connectivity index (χ1v) is 9.81. The van der Waals surface area contributed by atoms with Crippen molar-refractivity contribution >= 4 is 17.7 Å². The average Bonchev–Trinajstić information content (AvgIpc) is 3.33. The smallest absolute Gasteiger partial charge is 0.272 e. The minimum Gasteiger partial charge on any atom is -0.385 e. The monoisotopic (exact) mass is 391 g/mol. The van der Waals surface area contributed by atoms with E-state index in [0.29, 0.717) is 25.3 Å². The Labute approximate surface area is 164 Å². The number of rotatable bonds is 7. The quantitative estimate of drug-likeness (QED) is 0.661. The van der Waals surface area contributed by atoms with Crippen LogP contribution in [-0.4, -0.2) is 71.3 Å². The van der Waals surface area contributed by atoms with Crippen LogP contribution in [-0.2, 0) is 16.1 Å². The van der Waals surface area contributed by atoms with E-state index in [1.165, 1.54) is 15.6 Å². The molecule has 28 heavy (non-hydrogen) atoms. The van der Waals surface area contributed by atoms with Gasteiger partial charge in [-0.05, 0) is 26.2 Å². The molecule has 1 aromatic rings. The molecule has 2 heterocycles. The summed E-state index contributed by atoms with van der Waals surface area (Å²) in [6, 6.07) is 1.65. The molecule has 3 amide bonds. The van der Waals surface area contributed by atoms with E-state index in [1.807, 2.05) is 0 Å². The van der Waals surface area contributed by atoms with Crippen molar-refractivity contribution in [2.75, 3.05) is 27.3 Å². The highest BCUT2D eigenvalue weighted by Gasteiger charge is 2.46. The maximum atomic E-state index is 12.9. The number of carbonyl (C=O) groups excluding carboxylic acids is 3. The van der Waals surface area contributed by atoms with Gasteiger partial charge in [0.05, 0.1) is 6.54 Å². The van der Waals surface area contributed by atoms with Gasteiger partial charge in [0.25, 0.3) is 11.8 Å². The molecule has 0 radical (unpaired) electrons. The van der Waals surface area contributed by atoms with Crippen molar-refractivity contribution in [1.82, 2.24) is 25.3 Å². The fourth-order valence-electron chi connectivity index (χ4n) is 3.76. The summed E-state index contributed by atoms with van der Waals surface area (Å²) in [6.45, 7) is 2.96. The third-order valence-electron chi connectivity index (χ3n) is 5.72. The molecule has 1 aromatic heterocycles. The number of nitrogens with one attached hydrogen (secondary N) is 2. The SMILES string of the molecule is COCCCNC(=O)c1cc2n(n1)C[C@](C)(C(=O)NC1CCCC1)N(C)C2=O. The molecule has 9 nitrogen and oxygen atoms in total. The highest BCUT2D eigenvalue weighted by atomic mass is 16.5. The molecule has 0 aromatic carbocycles. The predicted octanol–water partition coefficient (Wildman–Crippen LogP) is 0.553. The molecule has 1 fully saturated rings. The number of hydrogen-bond acceptors (Lipinski definition) is 5. The van der Waals surface area contributed by atoms with Crippen LogP contribution >= 0.6 is 0 Å². The number of carbonyl (C=O) groups is 3. The maximum absolute atomic E-state index is 12.9. The number of likely N-dealkylation sites (N-methyl/N-ethyl adjacent to an activating group) is 1. The van der Waals surface area contributed by atoms with E-state index in [-0.39, 0.29) is 36.0 Å². The lowest BCUT2D eigenvalue weighted by Crippen LogP contribution is -2.63. The van der Waals surface area contributed by atoms with Crippen LogP contribution in [0.5, 0.6) is 0 Å². The molecule has 2 N–H and O–H groups in total. The van der Waals surface area contributed by atoms with Crippen molar-refractivity contribution in [3.05, 3.63) is 17.5 Å². The predicted molar refractivity (Wildman–Crippen MR) is 102 cm³/mol. The number of nitrogens with zero attached hydrogens (tertiary/aromatic N) is 3. The Morgan fingerprint density at radius 3 is 2.75 bits per heavy atom. The van der Waals surface area contributed by atoms with Crippen LogP contribution in [0.3, 0.4) is 0 Å². The molecule has 1 aliphatic carbocycles. The van der Waals surface area contributed by atoms with Gasteiger partial charge in [0.1, 0.15) is 11.2 Å². The van der Waals surface area contributed by atoms with Gasteiger partial charge in [-0.15, -0.1) is 0 Å². The van der Waals surface area contributed by atoms with Gasteiger partial charge in [0, 0.05) is 39.4 Å². The summed E-state index contributed by atoms with van der Waals surface area (Å²) in [6.07, 6.45) is 4.86. The van der Waals surface area contributed by atoms with Gasteiger partial charge in [-0.3, -0.25) is 19.1 Å². The molecule has 0 spiro atoms. The zero-order chi connectivity index (χ0) is 20.3. The summed E-state index contributed by atoms with van der Waals surface area (Å²) in [5.74, 6) is -0.839. The average molecular weight is 391 g/mol. The lowest BCUT2D eigenvalue weighted by molar-refractivity contribution is -0.133. The maximum Gasteiger partial charge on any atom is 0.272 e. The molecule has 2 aliphatic rings. The Bertz CT molecular complexity index is 756. The van der Waals surface area contributed by atoms with Gasteiger partial charge in [0.2, 0.25) is 5.91 Å². The van der Waals surface area contributed by atoms with E-state index in [4.69, 9.17) is 4.74 Å². The fraction of sp³-hybridized carbons (Fsp3) is 0.684. The van der Waals surface area contributed by atoms with E-state index < -0.39 is 5.54 Å². The van der Waals surface area contributed by atoms with Crippen LogP contribution in [0.4, 0.5) is 0 Å². The first-order valence-electron chi connectivity index (χ1n) is 9.81. The largest absolute Gasteiger partial charge is 0.385 e. The molecule has 1 atom stereocenters. The number of methoxy groups -OCH3 is 1. The van der Waals surface area contributed by atoms with E-state index in [2.05, 4.69) is 15.7 Å². The zero-order valence-corrected chi connectivity index (χ0v) is 16.8. The Hall–Kier alpha value is -2.42. The molecular formula is C19H29N5O4. The second-order valence-corrected chi connectivity index (χ2v) is 7.77. The third kappa shape index (κ3) is 3.89. The first-order chi connectivity index (χ1) is 13.4. The first kappa shape index (κ1) is 20.3. The minimum absolute atomic E-state index is 0.167. The van der Waals surface area contributed by atoms with E-state index in [9.17, 15) is 14.4 Å². The Kier molecular flexibility index (Phi) is 6.02. The Morgan fingerprint density at radius 1 is 1.36 bits per heavy atom. The number of ether oxygens (including phenoxy) is 1. The second kappa shape index (κ2) is 8.30. The van der Waals surface area contributed by atoms with Crippen molar-refractivity contribution in [2.45, 2.75) is 57.2 Å². The lowest BCUT2D eigenvalue weighted by atomic mass is 9.95. The van der Waals surface area contributed by atoms with Gasteiger partial charge < -0.3 is 20.3 Å². The highest BCUT2D eigenvalue weighted by Crippen LogP contribution is 2.27. The van der Waals surface area contributed by atoms with Crippen molar-refractivity contribution in [2.24, 2.45) is 0 Å². The summed E-state index contributed by atoms with van der Waals surface area (Å²) in [4.78, 5) is 39.6. The van der Waals surface area contributed by atoms with Crippen molar-refractivity contribution in [3.8, 4) is 0 Å². The van der Waals surface area contributed by atoms with Gasteiger partial charge >= 0.3 is 0 Å². The Morgan fingerprint density at radius 2 is 2.07 bits per heavy atom. The number of hydrogen-bond donors (Lipinski definition) is 2. The summed E-state index contributed by atoms with van der Waals surface area (Å²) in [5, 5.41) is 10.1. The molecule has 0 unspecified atom stereocenters.